The number of nitrogens with zero attached hydrogens (tertiary/aromatic N) is 1. The van der Waals surface area contributed by atoms with Crippen LogP contribution in [0.2, 0.25) is 0 Å². The fourth-order valence-electron chi connectivity index (χ4n) is 2.41. The zero-order chi connectivity index (χ0) is 10.3. The molecule has 78 valence electrons. The molecular weight excluding hydrogens is 252 g/mol. The summed E-state index contributed by atoms with van der Waals surface area (Å²) in [5, 5.41) is 0. The first kappa shape index (κ1) is 9.40. The predicted molar refractivity (Wildman–Crippen MR) is 65.0 cm³/mol. The number of aromatic nitrogens is 2. The molecule has 0 atom stereocenters. The number of benzene rings is 1. The lowest BCUT2D eigenvalue weighted by Crippen LogP contribution is -1.93. The average molecular weight is 265 g/mol. The van der Waals surface area contributed by atoms with Crippen LogP contribution in [0.1, 0.15) is 37.4 Å². The van der Waals surface area contributed by atoms with E-state index in [4.69, 9.17) is 4.98 Å². The van der Waals surface area contributed by atoms with Gasteiger partial charge in [0.2, 0.25) is 0 Å². The van der Waals surface area contributed by atoms with Gasteiger partial charge in [0, 0.05) is 10.4 Å². The van der Waals surface area contributed by atoms with Crippen LogP contribution in [0, 0.1) is 0 Å². The number of rotatable bonds is 1. The van der Waals surface area contributed by atoms with E-state index >= 15 is 0 Å². The van der Waals surface area contributed by atoms with Crippen molar-refractivity contribution in [2.75, 3.05) is 0 Å². The minimum Gasteiger partial charge on any atom is -0.342 e. The number of fused-ring (bicyclic) bond motifs is 1. The molecule has 0 amide bonds. The summed E-state index contributed by atoms with van der Waals surface area (Å²) < 4.78 is 1.08. The van der Waals surface area contributed by atoms with Crippen LogP contribution in [0.15, 0.2) is 22.7 Å². The molecule has 1 saturated carbocycles. The van der Waals surface area contributed by atoms with Crippen LogP contribution < -0.4 is 0 Å². The molecule has 1 fully saturated rings. The molecule has 0 radical (unpaired) electrons. The van der Waals surface area contributed by atoms with Crippen molar-refractivity contribution in [1.29, 1.82) is 0 Å². The van der Waals surface area contributed by atoms with Gasteiger partial charge >= 0.3 is 0 Å². The second-order valence-corrected chi connectivity index (χ2v) is 5.09. The van der Waals surface area contributed by atoms with Crippen molar-refractivity contribution in [3.63, 3.8) is 0 Å². The first-order valence-electron chi connectivity index (χ1n) is 5.49. The quantitative estimate of drug-likeness (QED) is 0.829. The van der Waals surface area contributed by atoms with E-state index in [2.05, 4.69) is 27.0 Å². The SMILES string of the molecule is Brc1cccc2[nH]c(C3CCCC3)nc12. The minimum absolute atomic E-state index is 0.657. The Bertz CT molecular complexity index is 483. The molecule has 0 unspecified atom stereocenters. The molecule has 0 spiro atoms. The Kier molecular flexibility index (Phi) is 2.28. The van der Waals surface area contributed by atoms with Gasteiger partial charge in [-0.25, -0.2) is 4.98 Å². The van der Waals surface area contributed by atoms with Gasteiger partial charge in [-0.05, 0) is 40.9 Å². The second kappa shape index (κ2) is 3.63. The number of aromatic amines is 1. The molecule has 1 heterocycles. The molecule has 1 aromatic carbocycles. The second-order valence-electron chi connectivity index (χ2n) is 4.24. The van der Waals surface area contributed by atoms with E-state index in [0.717, 1.165) is 15.5 Å². The average Bonchev–Trinajstić information content (AvgIpc) is 2.86. The first-order valence-corrected chi connectivity index (χ1v) is 6.28. The summed E-state index contributed by atoms with van der Waals surface area (Å²) in [6.45, 7) is 0. The Balaban J connectivity index is 2.09. The van der Waals surface area contributed by atoms with Gasteiger partial charge in [0.15, 0.2) is 0 Å². The molecule has 0 aliphatic heterocycles. The molecule has 15 heavy (non-hydrogen) atoms. The smallest absolute Gasteiger partial charge is 0.110 e. The summed E-state index contributed by atoms with van der Waals surface area (Å²) in [4.78, 5) is 8.13. The van der Waals surface area contributed by atoms with E-state index in [9.17, 15) is 0 Å². The number of para-hydroxylation sites is 1. The van der Waals surface area contributed by atoms with Crippen molar-refractivity contribution in [3.8, 4) is 0 Å². The maximum atomic E-state index is 4.69. The Hall–Kier alpha value is -0.830. The molecule has 1 aromatic heterocycles. The first-order chi connectivity index (χ1) is 7.34. The third kappa shape index (κ3) is 1.59. The third-order valence-electron chi connectivity index (χ3n) is 3.22. The maximum Gasteiger partial charge on any atom is 0.110 e. The highest BCUT2D eigenvalue weighted by molar-refractivity contribution is 9.10. The zero-order valence-corrected chi connectivity index (χ0v) is 10.0. The van der Waals surface area contributed by atoms with E-state index in [1.807, 2.05) is 12.1 Å². The number of hydrogen-bond acceptors (Lipinski definition) is 1. The number of halogens is 1. The van der Waals surface area contributed by atoms with Gasteiger partial charge in [-0.1, -0.05) is 18.9 Å². The lowest BCUT2D eigenvalue weighted by Gasteiger charge is -2.02. The maximum absolute atomic E-state index is 4.69. The van der Waals surface area contributed by atoms with Gasteiger partial charge in [-0.3, -0.25) is 0 Å². The van der Waals surface area contributed by atoms with Crippen LogP contribution in [-0.4, -0.2) is 9.97 Å². The normalized spacial score (nSPS) is 17.7. The molecule has 2 aromatic rings. The van der Waals surface area contributed by atoms with E-state index < -0.39 is 0 Å². The molecule has 1 aliphatic carbocycles. The minimum atomic E-state index is 0.657. The van der Waals surface area contributed by atoms with Gasteiger partial charge in [0.05, 0.1) is 5.52 Å². The van der Waals surface area contributed by atoms with E-state index in [-0.39, 0.29) is 0 Å². The highest BCUT2D eigenvalue weighted by atomic mass is 79.9. The lowest BCUT2D eigenvalue weighted by molar-refractivity contribution is 0.681. The van der Waals surface area contributed by atoms with Crippen LogP contribution in [0.5, 0.6) is 0 Å². The van der Waals surface area contributed by atoms with Crippen molar-refractivity contribution in [3.05, 3.63) is 28.5 Å². The summed E-state index contributed by atoms with van der Waals surface area (Å²) in [5.41, 5.74) is 2.21. The molecule has 0 saturated heterocycles. The van der Waals surface area contributed by atoms with E-state index in [1.165, 1.54) is 31.5 Å². The standard InChI is InChI=1S/C12H13BrN2/c13-9-6-3-7-10-11(9)15-12(14-10)8-4-1-2-5-8/h3,6-8H,1-2,4-5H2,(H,14,15). The molecule has 3 heteroatoms. The highest BCUT2D eigenvalue weighted by Crippen LogP contribution is 2.34. The lowest BCUT2D eigenvalue weighted by atomic mass is 10.1. The predicted octanol–water partition coefficient (Wildman–Crippen LogP) is 3.98. The van der Waals surface area contributed by atoms with Gasteiger partial charge in [-0.15, -0.1) is 0 Å². The number of hydrogen-bond donors (Lipinski definition) is 1. The Morgan fingerprint density at radius 3 is 2.80 bits per heavy atom. The summed E-state index contributed by atoms with van der Waals surface area (Å²) in [7, 11) is 0. The van der Waals surface area contributed by atoms with Crippen molar-refractivity contribution in [2.24, 2.45) is 0 Å². The molecule has 1 aliphatic rings. The monoisotopic (exact) mass is 264 g/mol. The van der Waals surface area contributed by atoms with Crippen LogP contribution >= 0.6 is 15.9 Å². The van der Waals surface area contributed by atoms with Gasteiger partial charge < -0.3 is 4.98 Å². The van der Waals surface area contributed by atoms with Crippen molar-refractivity contribution < 1.29 is 0 Å². The number of H-pyrrole nitrogens is 1. The zero-order valence-electron chi connectivity index (χ0n) is 8.46. The van der Waals surface area contributed by atoms with Crippen molar-refractivity contribution in [2.45, 2.75) is 31.6 Å². The highest BCUT2D eigenvalue weighted by Gasteiger charge is 2.20. The Labute approximate surface area is 97.2 Å². The summed E-state index contributed by atoms with van der Waals surface area (Å²) in [6, 6.07) is 6.18. The summed E-state index contributed by atoms with van der Waals surface area (Å²) >= 11 is 3.54. The molecule has 2 nitrogen and oxygen atoms in total. The topological polar surface area (TPSA) is 28.7 Å². The van der Waals surface area contributed by atoms with Crippen molar-refractivity contribution in [1.82, 2.24) is 9.97 Å². The van der Waals surface area contributed by atoms with Crippen LogP contribution in [0.3, 0.4) is 0 Å². The summed E-state index contributed by atoms with van der Waals surface area (Å²) in [5.74, 6) is 1.83. The molecule has 1 N–H and O–H groups in total. The van der Waals surface area contributed by atoms with Gasteiger partial charge in [0.1, 0.15) is 11.3 Å². The third-order valence-corrected chi connectivity index (χ3v) is 3.86. The van der Waals surface area contributed by atoms with Gasteiger partial charge in [0.25, 0.3) is 0 Å². The number of imidazole rings is 1. The molecule has 0 bridgehead atoms. The molecule has 3 rings (SSSR count). The van der Waals surface area contributed by atoms with E-state index in [1.54, 1.807) is 0 Å². The Morgan fingerprint density at radius 2 is 2.07 bits per heavy atom. The van der Waals surface area contributed by atoms with E-state index in [0.29, 0.717) is 5.92 Å². The Morgan fingerprint density at radius 1 is 1.27 bits per heavy atom. The van der Waals surface area contributed by atoms with Gasteiger partial charge in [-0.2, -0.15) is 0 Å². The fourth-order valence-corrected chi connectivity index (χ4v) is 2.86. The summed E-state index contributed by atoms with van der Waals surface area (Å²) in [6.07, 6.45) is 5.28. The van der Waals surface area contributed by atoms with Crippen LogP contribution in [-0.2, 0) is 0 Å². The largest absolute Gasteiger partial charge is 0.342 e. The van der Waals surface area contributed by atoms with Crippen molar-refractivity contribution >= 4 is 27.0 Å². The molecular formula is C12H13BrN2. The number of nitrogens with one attached hydrogen (secondary N) is 1. The van der Waals surface area contributed by atoms with Crippen LogP contribution in [0.25, 0.3) is 11.0 Å². The fraction of sp³-hybridized carbons (Fsp3) is 0.417. The van der Waals surface area contributed by atoms with Crippen LogP contribution in [0.4, 0.5) is 0 Å².